The molecular weight excluding hydrogens is 330 g/mol. The highest BCUT2D eigenvalue weighted by molar-refractivity contribution is 6.02. The van der Waals surface area contributed by atoms with Crippen LogP contribution < -0.4 is 10.2 Å². The smallest absolute Gasteiger partial charge is 0.228 e. The molecule has 2 aromatic carbocycles. The molecule has 0 saturated heterocycles. The lowest BCUT2D eigenvalue weighted by Gasteiger charge is -2.30. The summed E-state index contributed by atoms with van der Waals surface area (Å²) in [5.41, 5.74) is 3.23. The molecular formula is C20H19N3O3. The summed E-state index contributed by atoms with van der Waals surface area (Å²) in [6.45, 7) is 0.411. The van der Waals surface area contributed by atoms with Crippen molar-refractivity contribution < 1.29 is 14.0 Å². The number of nitrogens with one attached hydrogen (secondary N) is 1. The highest BCUT2D eigenvalue weighted by Crippen LogP contribution is 2.35. The molecule has 4 rings (SSSR count). The van der Waals surface area contributed by atoms with Crippen LogP contribution in [-0.4, -0.2) is 30.4 Å². The van der Waals surface area contributed by atoms with E-state index in [0.717, 1.165) is 22.4 Å². The van der Waals surface area contributed by atoms with E-state index < -0.39 is 5.92 Å². The molecule has 3 aromatic rings. The molecule has 2 amide bonds. The van der Waals surface area contributed by atoms with Crippen LogP contribution in [0.4, 0.5) is 5.69 Å². The molecule has 2 heterocycles. The molecule has 0 spiro atoms. The summed E-state index contributed by atoms with van der Waals surface area (Å²) in [7, 11) is 1.74. The Morgan fingerprint density at radius 1 is 1.23 bits per heavy atom. The number of fused-ring (bicyclic) bond motifs is 2. The topological polar surface area (TPSA) is 75.4 Å². The Bertz CT molecular complexity index is 946. The van der Waals surface area contributed by atoms with Crippen LogP contribution in [0, 0.1) is 0 Å². The lowest BCUT2D eigenvalue weighted by atomic mass is 9.89. The number of amides is 2. The van der Waals surface area contributed by atoms with Gasteiger partial charge in [0.05, 0.1) is 5.92 Å². The molecule has 1 aromatic heterocycles. The van der Waals surface area contributed by atoms with Gasteiger partial charge in [0.2, 0.25) is 11.8 Å². The summed E-state index contributed by atoms with van der Waals surface area (Å²) in [6, 6.07) is 15.1. The van der Waals surface area contributed by atoms with Gasteiger partial charge in [-0.2, -0.15) is 0 Å². The van der Waals surface area contributed by atoms with Crippen molar-refractivity contribution in [2.75, 3.05) is 18.5 Å². The molecule has 6 heteroatoms. The van der Waals surface area contributed by atoms with E-state index in [1.54, 1.807) is 11.9 Å². The summed E-state index contributed by atoms with van der Waals surface area (Å²) in [5.74, 6) is -0.0669. The van der Waals surface area contributed by atoms with Gasteiger partial charge in [0, 0.05) is 32.1 Å². The van der Waals surface area contributed by atoms with Crippen LogP contribution in [0.1, 0.15) is 23.8 Å². The molecule has 6 nitrogen and oxygen atoms in total. The van der Waals surface area contributed by atoms with Gasteiger partial charge in [-0.3, -0.25) is 9.59 Å². The lowest BCUT2D eigenvalue weighted by Crippen LogP contribution is -2.39. The van der Waals surface area contributed by atoms with Crippen LogP contribution in [-0.2, 0) is 16.0 Å². The minimum Gasteiger partial charge on any atom is -0.441 e. The molecule has 1 atom stereocenters. The van der Waals surface area contributed by atoms with E-state index in [4.69, 9.17) is 4.42 Å². The van der Waals surface area contributed by atoms with Crippen molar-refractivity contribution in [2.45, 2.75) is 18.8 Å². The van der Waals surface area contributed by atoms with E-state index >= 15 is 0 Å². The van der Waals surface area contributed by atoms with Crippen molar-refractivity contribution in [3.8, 4) is 0 Å². The van der Waals surface area contributed by atoms with Crippen molar-refractivity contribution in [2.24, 2.45) is 0 Å². The second kappa shape index (κ2) is 6.63. The summed E-state index contributed by atoms with van der Waals surface area (Å²) in [4.78, 5) is 30.8. The summed E-state index contributed by atoms with van der Waals surface area (Å²) < 4.78 is 5.66. The molecule has 0 saturated carbocycles. The van der Waals surface area contributed by atoms with Crippen molar-refractivity contribution in [1.82, 2.24) is 10.3 Å². The molecule has 1 N–H and O–H groups in total. The van der Waals surface area contributed by atoms with Gasteiger partial charge in [-0.25, -0.2) is 4.98 Å². The number of carbonyl (C=O) groups is 2. The Morgan fingerprint density at radius 2 is 2.00 bits per heavy atom. The van der Waals surface area contributed by atoms with E-state index in [9.17, 15) is 9.59 Å². The highest BCUT2D eigenvalue weighted by Gasteiger charge is 2.33. The standard InChI is InChI=1S/C20H19N3O3/c1-23-16-8-4-2-6-13(16)14(12-19(23)24)20(25)21-11-10-18-22-15-7-3-5-9-17(15)26-18/h2-9,14H,10-12H2,1H3,(H,21,25)/t14-/m1/s1. The first-order valence-corrected chi connectivity index (χ1v) is 8.61. The van der Waals surface area contributed by atoms with Crippen molar-refractivity contribution >= 4 is 28.6 Å². The van der Waals surface area contributed by atoms with Gasteiger partial charge >= 0.3 is 0 Å². The van der Waals surface area contributed by atoms with Crippen LogP contribution in [0.15, 0.2) is 52.9 Å². The number of nitrogens with zero attached hydrogens (tertiary/aromatic N) is 2. The molecule has 0 aliphatic carbocycles. The van der Waals surface area contributed by atoms with Gasteiger partial charge in [0.15, 0.2) is 11.5 Å². The quantitative estimate of drug-likeness (QED) is 0.786. The first-order chi connectivity index (χ1) is 12.6. The van der Waals surface area contributed by atoms with Crippen LogP contribution in [0.3, 0.4) is 0 Å². The summed E-state index contributed by atoms with van der Waals surface area (Å²) in [5, 5.41) is 2.91. The first kappa shape index (κ1) is 16.3. The maximum absolute atomic E-state index is 12.6. The van der Waals surface area contributed by atoms with Crippen molar-refractivity contribution in [1.29, 1.82) is 0 Å². The predicted octanol–water partition coefficient (Wildman–Crippen LogP) is 2.64. The van der Waals surface area contributed by atoms with E-state index in [1.807, 2.05) is 48.5 Å². The molecule has 0 bridgehead atoms. The van der Waals surface area contributed by atoms with Gasteiger partial charge < -0.3 is 14.6 Å². The molecule has 0 radical (unpaired) electrons. The van der Waals surface area contributed by atoms with E-state index in [0.29, 0.717) is 18.9 Å². The number of hydrogen-bond donors (Lipinski definition) is 1. The van der Waals surface area contributed by atoms with Gasteiger partial charge in [-0.05, 0) is 23.8 Å². The number of carbonyl (C=O) groups excluding carboxylic acids is 2. The Kier molecular flexibility index (Phi) is 4.16. The van der Waals surface area contributed by atoms with Crippen LogP contribution in [0.25, 0.3) is 11.1 Å². The fraction of sp³-hybridized carbons (Fsp3) is 0.250. The maximum Gasteiger partial charge on any atom is 0.228 e. The van der Waals surface area contributed by atoms with Gasteiger partial charge in [0.25, 0.3) is 0 Å². The van der Waals surface area contributed by atoms with Crippen molar-refractivity contribution in [3.05, 3.63) is 60.0 Å². The summed E-state index contributed by atoms with van der Waals surface area (Å²) in [6.07, 6.45) is 0.685. The summed E-state index contributed by atoms with van der Waals surface area (Å²) >= 11 is 0. The molecule has 0 unspecified atom stereocenters. The van der Waals surface area contributed by atoms with E-state index in [2.05, 4.69) is 10.3 Å². The lowest BCUT2D eigenvalue weighted by molar-refractivity contribution is -0.127. The number of rotatable bonds is 4. The minimum absolute atomic E-state index is 0.0530. The third kappa shape index (κ3) is 2.94. The fourth-order valence-corrected chi connectivity index (χ4v) is 3.32. The zero-order chi connectivity index (χ0) is 18.1. The van der Waals surface area contributed by atoms with Crippen LogP contribution >= 0.6 is 0 Å². The third-order valence-corrected chi connectivity index (χ3v) is 4.72. The largest absolute Gasteiger partial charge is 0.441 e. The second-order valence-electron chi connectivity index (χ2n) is 6.38. The number of anilines is 1. The second-order valence-corrected chi connectivity index (χ2v) is 6.38. The van der Waals surface area contributed by atoms with Gasteiger partial charge in [-0.15, -0.1) is 0 Å². The minimum atomic E-state index is -0.460. The normalized spacial score (nSPS) is 16.6. The molecule has 1 aliphatic rings. The van der Waals surface area contributed by atoms with Crippen LogP contribution in [0.5, 0.6) is 0 Å². The third-order valence-electron chi connectivity index (χ3n) is 4.72. The van der Waals surface area contributed by atoms with E-state index in [1.165, 1.54) is 0 Å². The van der Waals surface area contributed by atoms with Crippen LogP contribution in [0.2, 0.25) is 0 Å². The number of oxazole rings is 1. The molecule has 1 aliphatic heterocycles. The first-order valence-electron chi connectivity index (χ1n) is 8.61. The number of aromatic nitrogens is 1. The molecule has 132 valence electrons. The molecule has 0 fully saturated rings. The zero-order valence-corrected chi connectivity index (χ0v) is 14.4. The Balaban J connectivity index is 1.43. The number of benzene rings is 2. The highest BCUT2D eigenvalue weighted by atomic mass is 16.3. The molecule has 26 heavy (non-hydrogen) atoms. The number of hydrogen-bond acceptors (Lipinski definition) is 4. The Morgan fingerprint density at radius 3 is 2.85 bits per heavy atom. The number of para-hydroxylation sites is 3. The monoisotopic (exact) mass is 349 g/mol. The average molecular weight is 349 g/mol. The van der Waals surface area contributed by atoms with E-state index in [-0.39, 0.29) is 18.2 Å². The average Bonchev–Trinajstić information content (AvgIpc) is 3.07. The fourth-order valence-electron chi connectivity index (χ4n) is 3.32. The Labute approximate surface area is 150 Å². The van der Waals surface area contributed by atoms with Gasteiger partial charge in [0.1, 0.15) is 5.52 Å². The predicted molar refractivity (Wildman–Crippen MR) is 97.9 cm³/mol. The SMILES string of the molecule is CN1C(=O)C[C@@H](C(=O)NCCc2nc3ccccc3o2)c2ccccc21. The maximum atomic E-state index is 12.6. The van der Waals surface area contributed by atoms with Crippen molar-refractivity contribution in [3.63, 3.8) is 0 Å². The zero-order valence-electron chi connectivity index (χ0n) is 14.4. The van der Waals surface area contributed by atoms with Gasteiger partial charge in [-0.1, -0.05) is 30.3 Å². The Hall–Kier alpha value is -3.15.